The van der Waals surface area contributed by atoms with E-state index in [4.69, 9.17) is 5.11 Å². The molecule has 0 spiro atoms. The van der Waals surface area contributed by atoms with E-state index in [9.17, 15) is 9.59 Å². The number of nitrogens with one attached hydrogen (secondary N) is 1. The van der Waals surface area contributed by atoms with Gasteiger partial charge in [-0.25, -0.2) is 9.79 Å². The summed E-state index contributed by atoms with van der Waals surface area (Å²) in [6.07, 6.45) is 3.07. The van der Waals surface area contributed by atoms with Gasteiger partial charge in [0.15, 0.2) is 0 Å². The quantitative estimate of drug-likeness (QED) is 0.705. The van der Waals surface area contributed by atoms with Crippen LogP contribution in [0.4, 0.5) is 0 Å². The molecule has 2 unspecified atom stereocenters. The van der Waals surface area contributed by atoms with Crippen LogP contribution in [0, 0.1) is 5.92 Å². The van der Waals surface area contributed by atoms with Crippen molar-refractivity contribution in [1.82, 2.24) is 5.32 Å². The zero-order valence-electron chi connectivity index (χ0n) is 8.40. The minimum absolute atomic E-state index is 0.211. The highest BCUT2D eigenvalue weighted by atomic mass is 32.2. The van der Waals surface area contributed by atoms with Crippen LogP contribution in [0.5, 0.6) is 0 Å². The maximum Gasteiger partial charge on any atom is 0.371 e. The number of carboxylic acids is 1. The van der Waals surface area contributed by atoms with Crippen molar-refractivity contribution in [2.75, 3.05) is 0 Å². The number of fused-ring (bicyclic) bond motifs is 2. The molecule has 6 heteroatoms. The topological polar surface area (TPSA) is 78.8 Å². The van der Waals surface area contributed by atoms with E-state index in [1.165, 1.54) is 10.5 Å². The number of amides is 1. The molecule has 0 fully saturated rings. The molecule has 0 saturated heterocycles. The second-order valence-electron chi connectivity index (χ2n) is 4.06. The Labute approximate surface area is 96.0 Å². The third-order valence-electron chi connectivity index (χ3n) is 3.11. The summed E-state index contributed by atoms with van der Waals surface area (Å²) in [5.74, 6) is -1.83. The maximum atomic E-state index is 11.8. The molecular formula is C10H10N2O3S. The Bertz CT molecular complexity index is 455. The first kappa shape index (κ1) is 9.89. The summed E-state index contributed by atoms with van der Waals surface area (Å²) in [7, 11) is 0. The van der Waals surface area contributed by atoms with Gasteiger partial charge in [0.05, 0.1) is 5.92 Å². The Morgan fingerprint density at radius 3 is 3.06 bits per heavy atom. The van der Waals surface area contributed by atoms with Crippen molar-refractivity contribution in [2.45, 2.75) is 24.6 Å². The van der Waals surface area contributed by atoms with Crippen molar-refractivity contribution < 1.29 is 14.7 Å². The number of carbonyl (C=O) groups is 2. The highest BCUT2D eigenvalue weighted by Crippen LogP contribution is 2.51. The van der Waals surface area contributed by atoms with Gasteiger partial charge in [-0.3, -0.25) is 4.79 Å². The van der Waals surface area contributed by atoms with Gasteiger partial charge < -0.3 is 10.4 Å². The number of amidine groups is 1. The molecule has 3 aliphatic rings. The summed E-state index contributed by atoms with van der Waals surface area (Å²) in [6, 6.07) is 0. The average Bonchev–Trinajstić information content (AvgIpc) is 2.75. The van der Waals surface area contributed by atoms with Crippen molar-refractivity contribution >= 4 is 29.5 Å². The SMILES string of the molecule is O=C(O)C1=NC2SC3=C(CCC3)C2C(=O)N1. The average molecular weight is 238 g/mol. The standard InChI is InChI=1S/C10H10N2O3S/c13-8-6-4-2-1-3-5(4)16-9(6)12-7(11-8)10(14)15/h6,9H,1-3H2,(H,14,15)(H,11,12,13). The fourth-order valence-corrected chi connectivity index (χ4v) is 3.96. The lowest BCUT2D eigenvalue weighted by Crippen LogP contribution is -2.47. The van der Waals surface area contributed by atoms with Gasteiger partial charge in [0.25, 0.3) is 0 Å². The van der Waals surface area contributed by atoms with Crippen LogP contribution in [-0.2, 0) is 9.59 Å². The van der Waals surface area contributed by atoms with Crippen molar-refractivity contribution in [1.29, 1.82) is 0 Å². The zero-order chi connectivity index (χ0) is 11.3. The zero-order valence-corrected chi connectivity index (χ0v) is 9.21. The number of aliphatic imine (C=N–C) groups is 1. The Hall–Kier alpha value is -1.30. The predicted octanol–water partition coefficient (Wildman–Crippen LogP) is 0.726. The molecule has 3 rings (SSSR count). The van der Waals surface area contributed by atoms with Crippen molar-refractivity contribution in [3.05, 3.63) is 10.5 Å². The van der Waals surface area contributed by atoms with Crippen LogP contribution in [0.1, 0.15) is 19.3 Å². The Morgan fingerprint density at radius 1 is 1.50 bits per heavy atom. The summed E-state index contributed by atoms with van der Waals surface area (Å²) in [5.41, 5.74) is 1.18. The predicted molar refractivity (Wildman–Crippen MR) is 59.0 cm³/mol. The summed E-state index contributed by atoms with van der Waals surface area (Å²) < 4.78 is 0. The summed E-state index contributed by atoms with van der Waals surface area (Å²) in [4.78, 5) is 27.9. The lowest BCUT2D eigenvalue weighted by Gasteiger charge is -2.23. The van der Waals surface area contributed by atoms with Gasteiger partial charge in [-0.2, -0.15) is 0 Å². The van der Waals surface area contributed by atoms with Crippen LogP contribution in [0.2, 0.25) is 0 Å². The second-order valence-corrected chi connectivity index (χ2v) is 5.27. The van der Waals surface area contributed by atoms with Gasteiger partial charge in [-0.1, -0.05) is 0 Å². The summed E-state index contributed by atoms with van der Waals surface area (Å²) in [6.45, 7) is 0. The van der Waals surface area contributed by atoms with Crippen LogP contribution in [0.15, 0.2) is 15.5 Å². The fraction of sp³-hybridized carbons (Fsp3) is 0.500. The van der Waals surface area contributed by atoms with E-state index >= 15 is 0 Å². The monoisotopic (exact) mass is 238 g/mol. The van der Waals surface area contributed by atoms with Gasteiger partial charge in [0, 0.05) is 0 Å². The first-order chi connectivity index (χ1) is 7.66. The van der Waals surface area contributed by atoms with Crippen LogP contribution in [0.3, 0.4) is 0 Å². The van der Waals surface area contributed by atoms with E-state index in [1.54, 1.807) is 11.8 Å². The third-order valence-corrected chi connectivity index (χ3v) is 4.48. The van der Waals surface area contributed by atoms with Crippen molar-refractivity contribution in [2.24, 2.45) is 10.9 Å². The van der Waals surface area contributed by atoms with Crippen LogP contribution < -0.4 is 5.32 Å². The molecular weight excluding hydrogens is 228 g/mol. The van der Waals surface area contributed by atoms with E-state index in [1.807, 2.05) is 0 Å². The molecule has 2 aliphatic heterocycles. The van der Waals surface area contributed by atoms with Gasteiger partial charge in [0.1, 0.15) is 5.37 Å². The number of hydrogen-bond acceptors (Lipinski definition) is 4. The van der Waals surface area contributed by atoms with Crippen molar-refractivity contribution in [3.63, 3.8) is 0 Å². The van der Waals surface area contributed by atoms with E-state index < -0.39 is 5.97 Å². The molecule has 0 saturated carbocycles. The smallest absolute Gasteiger partial charge is 0.371 e. The summed E-state index contributed by atoms with van der Waals surface area (Å²) >= 11 is 1.56. The van der Waals surface area contributed by atoms with Gasteiger partial charge in [-0.05, 0) is 29.7 Å². The number of hydrogen-bond donors (Lipinski definition) is 2. The first-order valence-corrected chi connectivity index (χ1v) is 6.05. The van der Waals surface area contributed by atoms with Crippen molar-refractivity contribution in [3.8, 4) is 0 Å². The van der Waals surface area contributed by atoms with E-state index in [0.717, 1.165) is 19.3 Å². The fourth-order valence-electron chi connectivity index (χ4n) is 2.44. The molecule has 1 amide bonds. The second kappa shape index (κ2) is 3.35. The lowest BCUT2D eigenvalue weighted by atomic mass is 9.96. The molecule has 1 aliphatic carbocycles. The number of thioether (sulfide) groups is 1. The largest absolute Gasteiger partial charge is 0.475 e. The van der Waals surface area contributed by atoms with E-state index in [-0.39, 0.29) is 23.0 Å². The lowest BCUT2D eigenvalue weighted by molar-refractivity contribution is -0.131. The van der Waals surface area contributed by atoms with Gasteiger partial charge >= 0.3 is 5.97 Å². The van der Waals surface area contributed by atoms with Gasteiger partial charge in [-0.15, -0.1) is 11.8 Å². The Morgan fingerprint density at radius 2 is 2.31 bits per heavy atom. The Kier molecular flexibility index (Phi) is 2.07. The molecule has 0 aromatic carbocycles. The number of nitrogens with zero attached hydrogens (tertiary/aromatic N) is 1. The van der Waals surface area contributed by atoms with Crippen LogP contribution >= 0.6 is 11.8 Å². The molecule has 0 aromatic rings. The molecule has 0 aromatic heterocycles. The molecule has 2 N–H and O–H groups in total. The molecule has 16 heavy (non-hydrogen) atoms. The molecule has 5 nitrogen and oxygen atoms in total. The highest BCUT2D eigenvalue weighted by molar-refractivity contribution is 8.04. The van der Waals surface area contributed by atoms with Gasteiger partial charge in [0.2, 0.25) is 11.7 Å². The number of aliphatic carboxylic acids is 1. The molecule has 2 heterocycles. The number of carbonyl (C=O) groups excluding carboxylic acids is 1. The van der Waals surface area contributed by atoms with E-state index in [2.05, 4.69) is 10.3 Å². The molecule has 0 bridgehead atoms. The van der Waals surface area contributed by atoms with Crippen LogP contribution in [-0.4, -0.2) is 28.2 Å². The number of allylic oxidation sites excluding steroid dienone is 1. The minimum Gasteiger partial charge on any atom is -0.475 e. The molecule has 84 valence electrons. The number of rotatable bonds is 1. The third kappa shape index (κ3) is 1.29. The van der Waals surface area contributed by atoms with E-state index in [0.29, 0.717) is 0 Å². The normalized spacial score (nSPS) is 32.0. The highest BCUT2D eigenvalue weighted by Gasteiger charge is 2.45. The molecule has 2 atom stereocenters. The van der Waals surface area contributed by atoms with Crippen LogP contribution in [0.25, 0.3) is 0 Å². The minimum atomic E-state index is -1.17. The Balaban J connectivity index is 1.95. The maximum absolute atomic E-state index is 11.8. The first-order valence-electron chi connectivity index (χ1n) is 5.17. The number of carboxylic acid groups (broad SMARTS) is 1. The molecule has 0 radical (unpaired) electrons. The summed E-state index contributed by atoms with van der Waals surface area (Å²) in [5, 5.41) is 10.9.